The van der Waals surface area contributed by atoms with Gasteiger partial charge >= 0.3 is 0 Å². The molecule has 17 heavy (non-hydrogen) atoms. The number of anilines is 1. The maximum Gasteiger partial charge on any atom is 0.293 e. The normalized spacial score (nSPS) is 17.5. The standard InChI is InChI=1S/C12H19N3O2/c1-3-15-8-7-13-10(11(15)16)14-9-12(17-2)5-4-6-12/h7-8H,3-6,9H2,1-2H3,(H,13,14). The fraction of sp³-hybridized carbons (Fsp3) is 0.667. The van der Waals surface area contributed by atoms with Gasteiger partial charge in [0.2, 0.25) is 0 Å². The van der Waals surface area contributed by atoms with Crippen molar-refractivity contribution in [3.8, 4) is 0 Å². The Labute approximate surface area is 101 Å². The smallest absolute Gasteiger partial charge is 0.293 e. The molecule has 1 heterocycles. The van der Waals surface area contributed by atoms with E-state index in [1.165, 1.54) is 6.42 Å². The quantitative estimate of drug-likeness (QED) is 0.837. The summed E-state index contributed by atoms with van der Waals surface area (Å²) in [4.78, 5) is 16.0. The van der Waals surface area contributed by atoms with Crippen LogP contribution >= 0.6 is 0 Å². The molecule has 1 aromatic rings. The first kappa shape index (κ1) is 12.1. The Balaban J connectivity index is 2.06. The minimum Gasteiger partial charge on any atom is -0.376 e. The van der Waals surface area contributed by atoms with E-state index in [2.05, 4.69) is 10.3 Å². The van der Waals surface area contributed by atoms with Gasteiger partial charge in [-0.25, -0.2) is 4.98 Å². The van der Waals surface area contributed by atoms with Gasteiger partial charge in [0, 0.05) is 32.6 Å². The summed E-state index contributed by atoms with van der Waals surface area (Å²) in [5, 5.41) is 3.11. The molecule has 1 saturated carbocycles. The molecule has 0 spiro atoms. The van der Waals surface area contributed by atoms with Crippen LogP contribution in [0.5, 0.6) is 0 Å². The van der Waals surface area contributed by atoms with Gasteiger partial charge in [-0.1, -0.05) is 0 Å². The van der Waals surface area contributed by atoms with E-state index in [9.17, 15) is 4.79 Å². The fourth-order valence-corrected chi connectivity index (χ4v) is 2.09. The van der Waals surface area contributed by atoms with Crippen molar-refractivity contribution in [1.29, 1.82) is 0 Å². The van der Waals surface area contributed by atoms with Crippen LogP contribution in [0.1, 0.15) is 26.2 Å². The second-order valence-corrected chi connectivity index (χ2v) is 4.46. The average Bonchev–Trinajstić information content (AvgIpc) is 2.30. The van der Waals surface area contributed by atoms with Crippen molar-refractivity contribution in [3.05, 3.63) is 22.7 Å². The van der Waals surface area contributed by atoms with Crippen molar-refractivity contribution in [2.45, 2.75) is 38.3 Å². The minimum atomic E-state index is -0.0962. The van der Waals surface area contributed by atoms with Gasteiger partial charge in [0.1, 0.15) is 0 Å². The lowest BCUT2D eigenvalue weighted by Crippen LogP contribution is -2.46. The second kappa shape index (κ2) is 4.87. The first-order chi connectivity index (χ1) is 8.21. The number of methoxy groups -OCH3 is 1. The number of nitrogens with one attached hydrogen (secondary N) is 1. The van der Waals surface area contributed by atoms with Crippen LogP contribution < -0.4 is 10.9 Å². The molecule has 1 fully saturated rings. The molecule has 0 aliphatic heterocycles. The van der Waals surface area contributed by atoms with E-state index >= 15 is 0 Å². The largest absolute Gasteiger partial charge is 0.376 e. The van der Waals surface area contributed by atoms with Gasteiger partial charge in [0.15, 0.2) is 5.82 Å². The lowest BCUT2D eigenvalue weighted by molar-refractivity contribution is -0.0601. The summed E-state index contributed by atoms with van der Waals surface area (Å²) in [5.41, 5.74) is -0.165. The Bertz CT molecular complexity index is 432. The van der Waals surface area contributed by atoms with Crippen LogP contribution in [-0.4, -0.2) is 28.8 Å². The molecule has 94 valence electrons. The van der Waals surface area contributed by atoms with Crippen molar-refractivity contribution < 1.29 is 4.74 Å². The predicted octanol–water partition coefficient (Wildman–Crippen LogP) is 1.24. The van der Waals surface area contributed by atoms with E-state index in [1.807, 2.05) is 6.92 Å². The first-order valence-electron chi connectivity index (χ1n) is 6.05. The third kappa shape index (κ3) is 2.34. The number of aryl methyl sites for hydroxylation is 1. The lowest BCUT2D eigenvalue weighted by atomic mass is 9.80. The van der Waals surface area contributed by atoms with Crippen LogP contribution in [0.25, 0.3) is 0 Å². The number of hydrogen-bond acceptors (Lipinski definition) is 4. The van der Waals surface area contributed by atoms with Gasteiger partial charge in [-0.05, 0) is 26.2 Å². The molecule has 0 saturated heterocycles. The van der Waals surface area contributed by atoms with E-state index in [0.29, 0.717) is 18.9 Å². The molecule has 0 atom stereocenters. The highest BCUT2D eigenvalue weighted by Crippen LogP contribution is 2.34. The third-order valence-corrected chi connectivity index (χ3v) is 3.53. The molecule has 2 rings (SSSR count). The van der Waals surface area contributed by atoms with Crippen molar-refractivity contribution >= 4 is 5.82 Å². The molecule has 0 unspecified atom stereocenters. The SMILES string of the molecule is CCn1ccnc(NCC2(OC)CCC2)c1=O. The molecule has 0 bridgehead atoms. The summed E-state index contributed by atoms with van der Waals surface area (Å²) >= 11 is 0. The topological polar surface area (TPSA) is 56.1 Å². The molecule has 0 amide bonds. The highest BCUT2D eigenvalue weighted by Gasteiger charge is 2.36. The monoisotopic (exact) mass is 237 g/mol. The molecular weight excluding hydrogens is 218 g/mol. The van der Waals surface area contributed by atoms with Crippen LogP contribution in [0, 0.1) is 0 Å². The zero-order valence-electron chi connectivity index (χ0n) is 10.4. The van der Waals surface area contributed by atoms with Gasteiger partial charge in [-0.2, -0.15) is 0 Å². The summed E-state index contributed by atoms with van der Waals surface area (Å²) < 4.78 is 7.13. The Morgan fingerprint density at radius 3 is 2.88 bits per heavy atom. The number of rotatable bonds is 5. The number of hydrogen-bond donors (Lipinski definition) is 1. The average molecular weight is 237 g/mol. The van der Waals surface area contributed by atoms with Gasteiger partial charge in [-0.3, -0.25) is 4.79 Å². The predicted molar refractivity (Wildman–Crippen MR) is 66.3 cm³/mol. The number of aromatic nitrogens is 2. The Morgan fingerprint density at radius 1 is 1.59 bits per heavy atom. The number of ether oxygens (including phenoxy) is 1. The van der Waals surface area contributed by atoms with Crippen molar-refractivity contribution in [2.24, 2.45) is 0 Å². The molecule has 0 aromatic carbocycles. The molecular formula is C12H19N3O2. The molecule has 0 radical (unpaired) electrons. The molecule has 1 aromatic heterocycles. The summed E-state index contributed by atoms with van der Waals surface area (Å²) in [6.45, 7) is 3.25. The summed E-state index contributed by atoms with van der Waals surface area (Å²) in [6.07, 6.45) is 6.63. The Hall–Kier alpha value is -1.36. The van der Waals surface area contributed by atoms with Gasteiger partial charge in [-0.15, -0.1) is 0 Å². The zero-order valence-corrected chi connectivity index (χ0v) is 10.4. The first-order valence-corrected chi connectivity index (χ1v) is 6.05. The van der Waals surface area contributed by atoms with E-state index in [1.54, 1.807) is 24.1 Å². The summed E-state index contributed by atoms with van der Waals surface area (Å²) in [6, 6.07) is 0. The van der Waals surface area contributed by atoms with Crippen molar-refractivity contribution in [1.82, 2.24) is 9.55 Å². The molecule has 5 heteroatoms. The molecule has 1 aliphatic rings. The van der Waals surface area contributed by atoms with Crippen LogP contribution in [0.2, 0.25) is 0 Å². The minimum absolute atomic E-state index is 0.0689. The van der Waals surface area contributed by atoms with E-state index in [-0.39, 0.29) is 11.2 Å². The maximum absolute atomic E-state index is 11.9. The van der Waals surface area contributed by atoms with E-state index in [0.717, 1.165) is 12.8 Å². The van der Waals surface area contributed by atoms with Crippen LogP contribution in [0.15, 0.2) is 17.2 Å². The molecule has 1 N–H and O–H groups in total. The number of nitrogens with zero attached hydrogens (tertiary/aromatic N) is 2. The van der Waals surface area contributed by atoms with Crippen LogP contribution in [0.3, 0.4) is 0 Å². The molecule has 5 nitrogen and oxygen atoms in total. The lowest BCUT2D eigenvalue weighted by Gasteiger charge is -2.40. The summed E-state index contributed by atoms with van der Waals surface area (Å²) in [7, 11) is 1.73. The van der Waals surface area contributed by atoms with Gasteiger partial charge in [0.05, 0.1) is 5.60 Å². The van der Waals surface area contributed by atoms with Crippen LogP contribution in [0.4, 0.5) is 5.82 Å². The second-order valence-electron chi connectivity index (χ2n) is 4.46. The Kier molecular flexibility index (Phi) is 3.47. The van der Waals surface area contributed by atoms with E-state index < -0.39 is 0 Å². The van der Waals surface area contributed by atoms with Crippen LogP contribution in [-0.2, 0) is 11.3 Å². The van der Waals surface area contributed by atoms with Gasteiger partial charge in [0.25, 0.3) is 5.56 Å². The van der Waals surface area contributed by atoms with Gasteiger partial charge < -0.3 is 14.6 Å². The summed E-state index contributed by atoms with van der Waals surface area (Å²) in [5.74, 6) is 0.415. The zero-order chi connectivity index (χ0) is 12.3. The molecule has 1 aliphatic carbocycles. The van der Waals surface area contributed by atoms with Crippen molar-refractivity contribution in [2.75, 3.05) is 19.0 Å². The van der Waals surface area contributed by atoms with Crippen molar-refractivity contribution in [3.63, 3.8) is 0 Å². The van der Waals surface area contributed by atoms with E-state index in [4.69, 9.17) is 4.74 Å². The third-order valence-electron chi connectivity index (χ3n) is 3.53. The fourth-order valence-electron chi connectivity index (χ4n) is 2.09. The highest BCUT2D eigenvalue weighted by molar-refractivity contribution is 5.31. The highest BCUT2D eigenvalue weighted by atomic mass is 16.5. The maximum atomic E-state index is 11.9. The Morgan fingerprint density at radius 2 is 2.35 bits per heavy atom.